The molecule has 0 amide bonds. The van der Waals surface area contributed by atoms with Gasteiger partial charge in [0.2, 0.25) is 0 Å². The molecule has 1 rings (SSSR count). The van der Waals surface area contributed by atoms with E-state index in [2.05, 4.69) is 14.6 Å². The van der Waals surface area contributed by atoms with Crippen LogP contribution in [-0.4, -0.2) is 36.1 Å². The van der Waals surface area contributed by atoms with Gasteiger partial charge in [-0.15, -0.1) is 0 Å². The Kier molecular flexibility index (Phi) is 6.08. The van der Waals surface area contributed by atoms with E-state index in [9.17, 15) is 10.3 Å². The summed E-state index contributed by atoms with van der Waals surface area (Å²) in [5.41, 5.74) is 9.51. The maximum atomic E-state index is 12.3. The van der Waals surface area contributed by atoms with E-state index >= 15 is 0 Å². The topological polar surface area (TPSA) is 75.1 Å². The van der Waals surface area contributed by atoms with E-state index < -0.39 is 19.2 Å². The summed E-state index contributed by atoms with van der Waals surface area (Å²) in [6, 6.07) is 9.28. The monoisotopic (exact) mass is 333 g/mol. The number of carbonyl (C=O) groups excluding carboxylic acids is 1. The minimum absolute atomic E-state index is 0.0783. The number of isothiocyanates is 1. The van der Waals surface area contributed by atoms with Crippen molar-refractivity contribution in [2.45, 2.75) is 32.7 Å². The Morgan fingerprint density at radius 1 is 1.41 bits per heavy atom. The van der Waals surface area contributed by atoms with Crippen molar-refractivity contribution in [1.29, 1.82) is 0 Å². The summed E-state index contributed by atoms with van der Waals surface area (Å²) in [5, 5.41) is 2.65. The van der Waals surface area contributed by atoms with E-state index in [0.29, 0.717) is 0 Å². The summed E-state index contributed by atoms with van der Waals surface area (Å²) in [6.45, 7) is 7.69. The first-order valence-corrected chi connectivity index (χ1v) is 9.25. The molecular formula is C15H19N3O2SSi. The molecule has 1 aromatic carbocycles. The first kappa shape index (κ1) is 18.1. The summed E-state index contributed by atoms with van der Waals surface area (Å²) in [5.74, 6) is -0.676. The van der Waals surface area contributed by atoms with Crippen LogP contribution in [0.1, 0.15) is 27.7 Å². The molecular weight excluding hydrogens is 314 g/mol. The maximum absolute atomic E-state index is 12.3. The second kappa shape index (κ2) is 7.38. The minimum atomic E-state index is -3.17. The van der Waals surface area contributed by atoms with Crippen LogP contribution in [0.15, 0.2) is 35.0 Å². The summed E-state index contributed by atoms with van der Waals surface area (Å²) >= 11 is 4.82. The Bertz CT molecular complexity index is 645. The lowest BCUT2D eigenvalue weighted by Crippen LogP contribution is -2.63. The van der Waals surface area contributed by atoms with E-state index in [-0.39, 0.29) is 11.9 Å². The van der Waals surface area contributed by atoms with E-state index in [1.54, 1.807) is 6.92 Å². The van der Waals surface area contributed by atoms with Crippen molar-refractivity contribution in [2.75, 3.05) is 6.61 Å². The highest BCUT2D eigenvalue weighted by Gasteiger charge is 2.61. The SMILES string of the molecule is CCOC(=O)C(=[N+]=[N-])[Si](N=C=S)(c1ccccc1)C(C)(C)C. The van der Waals surface area contributed by atoms with Crippen LogP contribution >= 0.6 is 12.2 Å². The molecule has 0 aliphatic carbocycles. The Morgan fingerprint density at radius 3 is 2.41 bits per heavy atom. The van der Waals surface area contributed by atoms with Gasteiger partial charge in [-0.1, -0.05) is 51.1 Å². The number of ether oxygens (including phenoxy) is 1. The molecule has 7 heteroatoms. The molecule has 0 saturated carbocycles. The predicted octanol–water partition coefficient (Wildman–Crippen LogP) is 2.52. The number of hydrogen-bond acceptors (Lipinski definition) is 4. The highest BCUT2D eigenvalue weighted by Crippen LogP contribution is 2.37. The molecule has 5 nitrogen and oxygen atoms in total. The van der Waals surface area contributed by atoms with Crippen LogP contribution in [0, 0.1) is 0 Å². The highest BCUT2D eigenvalue weighted by molar-refractivity contribution is 7.78. The average molecular weight is 333 g/mol. The molecule has 0 bridgehead atoms. The number of thiocarbonyl (C=S) groups is 1. The van der Waals surface area contributed by atoms with Crippen LogP contribution < -0.4 is 5.19 Å². The van der Waals surface area contributed by atoms with Crippen molar-refractivity contribution in [3.63, 3.8) is 0 Å². The van der Waals surface area contributed by atoms with E-state index in [4.69, 9.17) is 17.0 Å². The summed E-state index contributed by atoms with van der Waals surface area (Å²) < 4.78 is 9.43. The van der Waals surface area contributed by atoms with Crippen molar-refractivity contribution >= 4 is 42.1 Å². The van der Waals surface area contributed by atoms with Crippen LogP contribution in [0.3, 0.4) is 0 Å². The van der Waals surface area contributed by atoms with Gasteiger partial charge in [-0.05, 0) is 29.4 Å². The third-order valence-electron chi connectivity index (χ3n) is 3.40. The fourth-order valence-electron chi connectivity index (χ4n) is 2.42. The molecule has 0 heterocycles. The summed E-state index contributed by atoms with van der Waals surface area (Å²) in [6.07, 6.45) is 0. The van der Waals surface area contributed by atoms with Crippen molar-refractivity contribution in [3.05, 3.63) is 35.9 Å². The first-order valence-electron chi connectivity index (χ1n) is 6.89. The number of nitrogens with zero attached hydrogens (tertiary/aromatic N) is 3. The van der Waals surface area contributed by atoms with Crippen molar-refractivity contribution in [1.82, 2.24) is 0 Å². The second-order valence-corrected chi connectivity index (χ2v) is 10.1. The van der Waals surface area contributed by atoms with Crippen molar-refractivity contribution in [2.24, 2.45) is 4.66 Å². The molecule has 0 aliphatic heterocycles. The number of carbonyl (C=O) groups is 1. The van der Waals surface area contributed by atoms with Crippen molar-refractivity contribution in [3.8, 4) is 0 Å². The standard InChI is InChI=1S/C15H19N3O2SSi/c1-5-20-14(19)13(18-16)22(17-11-21,15(2,3)4)12-9-7-6-8-10-12/h6-10H,5H2,1-4H3. The lowest BCUT2D eigenvalue weighted by Gasteiger charge is -2.33. The van der Waals surface area contributed by atoms with Gasteiger partial charge in [-0.2, -0.15) is 4.79 Å². The molecule has 0 aliphatic rings. The molecule has 0 aromatic heterocycles. The number of benzene rings is 1. The number of hydrogen-bond donors (Lipinski definition) is 0. The molecule has 0 radical (unpaired) electrons. The highest BCUT2D eigenvalue weighted by atomic mass is 32.1. The van der Waals surface area contributed by atoms with Crippen LogP contribution in [0.2, 0.25) is 5.04 Å². The lowest BCUT2D eigenvalue weighted by molar-refractivity contribution is -0.139. The normalized spacial score (nSPS) is 13.3. The molecule has 1 atom stereocenters. The Hall–Kier alpha value is -1.91. The Balaban J connectivity index is 3.76. The molecule has 0 N–H and O–H groups in total. The minimum Gasteiger partial charge on any atom is -0.458 e. The van der Waals surface area contributed by atoms with Crippen molar-refractivity contribution < 1.29 is 14.3 Å². The zero-order valence-corrected chi connectivity index (χ0v) is 15.0. The van der Waals surface area contributed by atoms with Gasteiger partial charge in [0, 0.05) is 5.16 Å². The van der Waals surface area contributed by atoms with Crippen LogP contribution in [0.5, 0.6) is 0 Å². The first-order chi connectivity index (χ1) is 10.3. The van der Waals surface area contributed by atoms with Gasteiger partial charge in [0.05, 0.1) is 6.61 Å². The molecule has 22 heavy (non-hydrogen) atoms. The van der Waals surface area contributed by atoms with Gasteiger partial charge in [0.15, 0.2) is 0 Å². The van der Waals surface area contributed by atoms with Gasteiger partial charge in [-0.3, -0.25) is 4.66 Å². The largest absolute Gasteiger partial charge is 0.458 e. The third-order valence-corrected chi connectivity index (χ3v) is 8.43. The molecule has 0 spiro atoms. The molecule has 1 aromatic rings. The van der Waals surface area contributed by atoms with Gasteiger partial charge in [0.25, 0.3) is 0 Å². The fourth-order valence-corrected chi connectivity index (χ4v) is 6.57. The molecule has 0 fully saturated rings. The predicted molar refractivity (Wildman–Crippen MR) is 91.8 cm³/mol. The van der Waals surface area contributed by atoms with E-state index in [1.165, 1.54) is 0 Å². The fraction of sp³-hybridized carbons (Fsp3) is 0.400. The van der Waals surface area contributed by atoms with Gasteiger partial charge in [0.1, 0.15) is 0 Å². The number of esters is 1. The average Bonchev–Trinajstić information content (AvgIpc) is 2.47. The summed E-state index contributed by atoms with van der Waals surface area (Å²) in [4.78, 5) is 15.6. The molecule has 1 unspecified atom stereocenters. The van der Waals surface area contributed by atoms with Crippen LogP contribution in [0.4, 0.5) is 0 Å². The molecule has 116 valence electrons. The number of rotatable bonds is 5. The zero-order chi connectivity index (χ0) is 16.8. The quantitative estimate of drug-likeness (QED) is 0.207. The maximum Gasteiger partial charge on any atom is 0.413 e. The van der Waals surface area contributed by atoms with E-state index in [0.717, 1.165) is 5.19 Å². The Labute approximate surface area is 136 Å². The molecule has 0 saturated heterocycles. The van der Waals surface area contributed by atoms with Crippen LogP contribution in [-0.2, 0) is 9.53 Å². The lowest BCUT2D eigenvalue weighted by atomic mass is 10.2. The Morgan fingerprint density at radius 2 is 2.00 bits per heavy atom. The van der Waals surface area contributed by atoms with Gasteiger partial charge in [-0.25, -0.2) is 4.79 Å². The second-order valence-electron chi connectivity index (χ2n) is 5.70. The van der Waals surface area contributed by atoms with Gasteiger partial charge < -0.3 is 10.3 Å². The van der Waals surface area contributed by atoms with E-state index in [1.807, 2.05) is 51.1 Å². The smallest absolute Gasteiger partial charge is 0.413 e. The van der Waals surface area contributed by atoms with Gasteiger partial charge >= 0.3 is 19.5 Å². The zero-order valence-electron chi connectivity index (χ0n) is 13.2. The van der Waals surface area contributed by atoms with Crippen LogP contribution in [0.25, 0.3) is 5.53 Å². The third kappa shape index (κ3) is 3.29. The summed E-state index contributed by atoms with van der Waals surface area (Å²) in [7, 11) is -3.17.